The Morgan fingerprint density at radius 1 is 1.00 bits per heavy atom. The molecule has 0 bridgehead atoms. The molecule has 0 spiro atoms. The lowest BCUT2D eigenvalue weighted by Crippen LogP contribution is -2.70. The van der Waals surface area contributed by atoms with Crippen molar-refractivity contribution in [3.8, 4) is 16.9 Å². The van der Waals surface area contributed by atoms with Gasteiger partial charge in [0.05, 0.1) is 23.6 Å². The molecule has 11 heteroatoms. The van der Waals surface area contributed by atoms with E-state index in [4.69, 9.17) is 5.73 Å². The fraction of sp³-hybridized carbons (Fsp3) is 0.333. The van der Waals surface area contributed by atoms with Gasteiger partial charge in [0.2, 0.25) is 5.78 Å². The maximum Gasteiger partial charge on any atom is 0.255 e. The first kappa shape index (κ1) is 28.2. The largest absolute Gasteiger partial charge is 0.508 e. The second-order valence-electron chi connectivity index (χ2n) is 11.1. The Labute approximate surface area is 234 Å². The van der Waals surface area contributed by atoms with Gasteiger partial charge >= 0.3 is 0 Å². The zero-order chi connectivity index (χ0) is 30.3. The molecule has 0 aliphatic heterocycles. The summed E-state index contributed by atoms with van der Waals surface area (Å²) < 4.78 is 0. The Kier molecular flexibility index (Phi) is 6.45. The number of phenols is 1. The van der Waals surface area contributed by atoms with E-state index < -0.39 is 75.6 Å². The predicted octanol–water partition coefficient (Wildman–Crippen LogP) is 1.37. The van der Waals surface area contributed by atoms with Gasteiger partial charge in [-0.1, -0.05) is 43.3 Å². The summed E-state index contributed by atoms with van der Waals surface area (Å²) in [5, 5.41) is 57.3. The lowest BCUT2D eigenvalue weighted by molar-refractivity contribution is -0.169. The summed E-state index contributed by atoms with van der Waals surface area (Å²) in [5.41, 5.74) is 2.50. The predicted molar refractivity (Wildman–Crippen MR) is 146 cm³/mol. The third-order valence-electron chi connectivity index (χ3n) is 8.73. The van der Waals surface area contributed by atoms with E-state index in [1.807, 2.05) is 0 Å². The molecule has 0 heterocycles. The molecule has 0 radical (unpaired) electrons. The van der Waals surface area contributed by atoms with Crippen molar-refractivity contribution in [3.63, 3.8) is 0 Å². The summed E-state index contributed by atoms with van der Waals surface area (Å²) in [5.74, 6) is -9.54. The number of nitrogens with zero attached hydrogens (tertiary/aromatic N) is 1. The van der Waals surface area contributed by atoms with Crippen LogP contribution < -0.4 is 5.73 Å². The minimum Gasteiger partial charge on any atom is -0.508 e. The summed E-state index contributed by atoms with van der Waals surface area (Å²) in [6.07, 6.45) is -1.66. The number of primary amides is 1. The van der Waals surface area contributed by atoms with E-state index in [0.29, 0.717) is 16.7 Å². The van der Waals surface area contributed by atoms with Gasteiger partial charge in [0.1, 0.15) is 22.8 Å². The third-order valence-corrected chi connectivity index (χ3v) is 8.73. The molecular weight excluding hydrogens is 532 g/mol. The van der Waals surface area contributed by atoms with Crippen molar-refractivity contribution in [2.24, 2.45) is 17.6 Å². The van der Waals surface area contributed by atoms with Crippen LogP contribution in [0.15, 0.2) is 53.3 Å². The first-order valence-corrected chi connectivity index (χ1v) is 13.0. The minimum absolute atomic E-state index is 0.103. The molecule has 2 aromatic rings. The van der Waals surface area contributed by atoms with Gasteiger partial charge in [-0.25, -0.2) is 0 Å². The average molecular weight is 563 g/mol. The number of aromatic hydroxyl groups is 1. The molecule has 7 N–H and O–H groups in total. The number of carbonyl (C=O) groups is 4. The van der Waals surface area contributed by atoms with Crippen LogP contribution in [0.1, 0.15) is 41.3 Å². The third kappa shape index (κ3) is 3.69. The highest BCUT2D eigenvalue weighted by Gasteiger charge is 2.68. The number of aliphatic hydroxyl groups excluding tert-OH is 3. The van der Waals surface area contributed by atoms with Gasteiger partial charge in [0.25, 0.3) is 5.91 Å². The molecule has 41 heavy (non-hydrogen) atoms. The molecular formula is C30H30N2O9. The molecule has 3 aliphatic carbocycles. The number of hydrogen-bond donors (Lipinski definition) is 6. The van der Waals surface area contributed by atoms with Gasteiger partial charge in [0, 0.05) is 22.6 Å². The van der Waals surface area contributed by atoms with Crippen LogP contribution in [0.25, 0.3) is 16.9 Å². The van der Waals surface area contributed by atoms with Gasteiger partial charge in [0.15, 0.2) is 17.2 Å². The highest BCUT2D eigenvalue weighted by Crippen LogP contribution is 2.56. The van der Waals surface area contributed by atoms with E-state index in [1.165, 1.54) is 25.9 Å². The van der Waals surface area contributed by atoms with Crippen LogP contribution in [0.5, 0.6) is 5.75 Å². The standard InChI is InChI=1S/C30H30N2O9/c1-11-15-9-10-16(14-7-5-13(6-8-14)12(2)33)23(34)18(15)24(35)19-17(11)25(36)21-22(32(3)4)26(37)20(29(31)40)28(39)30(21,41)27(19)38/h5-11,17,21-22,25,34-36,39,41H,1-4H3,(H2,31,40)/t11-,17+,21+,22-,25-,30-/m1/s1. The minimum atomic E-state index is -2.97. The molecule has 214 valence electrons. The number of rotatable bonds is 4. The van der Waals surface area contributed by atoms with Crippen molar-refractivity contribution in [2.75, 3.05) is 14.1 Å². The second kappa shape index (κ2) is 9.37. The Bertz CT molecular complexity index is 1600. The molecule has 2 aromatic carbocycles. The maximum atomic E-state index is 14.1. The number of fused-ring (bicyclic) bond motifs is 3. The summed E-state index contributed by atoms with van der Waals surface area (Å²) in [7, 11) is 2.90. The molecule has 0 saturated heterocycles. The van der Waals surface area contributed by atoms with E-state index in [1.54, 1.807) is 43.3 Å². The second-order valence-corrected chi connectivity index (χ2v) is 11.1. The zero-order valence-corrected chi connectivity index (χ0v) is 22.7. The normalized spacial score (nSPS) is 29.3. The molecule has 1 fully saturated rings. The number of benzene rings is 2. The Morgan fingerprint density at radius 3 is 2.15 bits per heavy atom. The van der Waals surface area contributed by atoms with Crippen LogP contribution in [0.2, 0.25) is 0 Å². The van der Waals surface area contributed by atoms with Gasteiger partial charge in [-0.05, 0) is 38.1 Å². The summed E-state index contributed by atoms with van der Waals surface area (Å²) in [6, 6.07) is 8.24. The summed E-state index contributed by atoms with van der Waals surface area (Å²) in [6.45, 7) is 3.08. The number of ketones is 3. The number of carbonyl (C=O) groups excluding carboxylic acids is 4. The van der Waals surface area contributed by atoms with Crippen LogP contribution in [-0.4, -0.2) is 85.5 Å². The van der Waals surface area contributed by atoms with Crippen molar-refractivity contribution in [1.29, 1.82) is 0 Å². The van der Waals surface area contributed by atoms with Gasteiger partial charge in [-0.15, -0.1) is 0 Å². The Balaban J connectivity index is 1.75. The van der Waals surface area contributed by atoms with Crippen molar-refractivity contribution < 1.29 is 44.7 Å². The number of likely N-dealkylation sites (N-methyl/N-ethyl adjacent to an activating group) is 1. The van der Waals surface area contributed by atoms with Crippen LogP contribution in [0.4, 0.5) is 0 Å². The smallest absolute Gasteiger partial charge is 0.255 e. The monoisotopic (exact) mass is 562 g/mol. The summed E-state index contributed by atoms with van der Waals surface area (Å²) in [4.78, 5) is 52.5. The van der Waals surface area contributed by atoms with E-state index in [2.05, 4.69) is 0 Å². The number of aliphatic hydroxyl groups is 4. The Morgan fingerprint density at radius 2 is 1.61 bits per heavy atom. The molecule has 3 aliphatic rings. The van der Waals surface area contributed by atoms with Crippen molar-refractivity contribution in [1.82, 2.24) is 4.90 Å². The molecule has 6 atom stereocenters. The van der Waals surface area contributed by atoms with Crippen molar-refractivity contribution in [2.45, 2.75) is 37.5 Å². The molecule has 5 rings (SSSR count). The number of nitrogens with two attached hydrogens (primary N) is 1. The molecule has 0 aromatic heterocycles. The van der Waals surface area contributed by atoms with Crippen molar-refractivity contribution in [3.05, 3.63) is 70.0 Å². The average Bonchev–Trinajstić information content (AvgIpc) is 2.90. The van der Waals surface area contributed by atoms with E-state index in [-0.39, 0.29) is 22.7 Å². The lowest BCUT2D eigenvalue weighted by atomic mass is 9.54. The SMILES string of the molecule is CC(=O)c1ccc(-c2ccc3c(c2O)C(O)=C2C(=O)[C@@]4(O)C(O)=C(C(N)=O)C(=O)[C@H](N(C)C)[C@H]4[C@H](O)[C@H]2[C@@H]3C)cc1. The first-order chi connectivity index (χ1) is 19.2. The van der Waals surface area contributed by atoms with Crippen LogP contribution >= 0.6 is 0 Å². The first-order valence-electron chi connectivity index (χ1n) is 13.0. The van der Waals surface area contributed by atoms with Crippen LogP contribution in [0.3, 0.4) is 0 Å². The number of amides is 1. The molecule has 0 unspecified atom stereocenters. The number of hydrogen-bond acceptors (Lipinski definition) is 10. The molecule has 1 saturated carbocycles. The highest BCUT2D eigenvalue weighted by molar-refractivity contribution is 6.24. The van der Waals surface area contributed by atoms with Gasteiger partial charge < -0.3 is 31.3 Å². The fourth-order valence-electron chi connectivity index (χ4n) is 6.73. The summed E-state index contributed by atoms with van der Waals surface area (Å²) >= 11 is 0. The molecule has 11 nitrogen and oxygen atoms in total. The zero-order valence-electron chi connectivity index (χ0n) is 22.7. The topological polar surface area (TPSA) is 199 Å². The quantitative estimate of drug-likeness (QED) is 0.234. The number of phenolic OH excluding ortho intramolecular Hbond substituents is 1. The van der Waals surface area contributed by atoms with Gasteiger partial charge in [-0.3, -0.25) is 24.1 Å². The molecule has 1 amide bonds. The highest BCUT2D eigenvalue weighted by atomic mass is 16.4. The van der Waals surface area contributed by atoms with Crippen LogP contribution in [0, 0.1) is 11.8 Å². The lowest BCUT2D eigenvalue weighted by Gasteiger charge is -2.53. The van der Waals surface area contributed by atoms with Crippen molar-refractivity contribution >= 4 is 29.0 Å². The van der Waals surface area contributed by atoms with E-state index in [9.17, 15) is 44.7 Å². The fourth-order valence-corrected chi connectivity index (χ4v) is 6.73. The van der Waals surface area contributed by atoms with Gasteiger partial charge in [-0.2, -0.15) is 0 Å². The van der Waals surface area contributed by atoms with Crippen LogP contribution in [-0.2, 0) is 14.4 Å². The number of Topliss-reactive ketones (excluding diaryl/α,β-unsaturated/α-hetero) is 3. The Hall–Kier alpha value is -4.32. The van der Waals surface area contributed by atoms with E-state index >= 15 is 0 Å². The van der Waals surface area contributed by atoms with E-state index in [0.717, 1.165) is 0 Å². The maximum absolute atomic E-state index is 14.1.